The van der Waals surface area contributed by atoms with E-state index >= 15 is 0 Å². The van der Waals surface area contributed by atoms with E-state index < -0.39 is 0 Å². The third-order valence-electron chi connectivity index (χ3n) is 6.07. The smallest absolute Gasteiger partial charge is 0.0431 e. The molecule has 0 aromatic carbocycles. The highest BCUT2D eigenvalue weighted by atomic mass is 16.2. The summed E-state index contributed by atoms with van der Waals surface area (Å²) >= 11 is 0. The zero-order valence-electron chi connectivity index (χ0n) is 13.6. The minimum absolute atomic E-state index is 0.289. The van der Waals surface area contributed by atoms with Gasteiger partial charge in [0, 0.05) is 19.2 Å². The summed E-state index contributed by atoms with van der Waals surface area (Å²) in [5.41, 5.74) is 1.25. The Morgan fingerprint density at radius 3 is 2.47 bits per heavy atom. The van der Waals surface area contributed by atoms with E-state index in [0.717, 1.165) is 25.3 Å². The van der Waals surface area contributed by atoms with Crippen LogP contribution in [0.25, 0.3) is 0 Å². The lowest BCUT2D eigenvalue weighted by atomic mass is 9.68. The number of hydrogen-bond acceptors (Lipinski definition) is 2. The summed E-state index contributed by atoms with van der Waals surface area (Å²) in [5, 5.41) is 12.9. The Hall–Kier alpha value is -0.0800. The maximum absolute atomic E-state index is 9.00. The van der Waals surface area contributed by atoms with Crippen molar-refractivity contribution in [2.45, 2.75) is 72.8 Å². The summed E-state index contributed by atoms with van der Waals surface area (Å²) in [5.74, 6) is 0.913. The van der Waals surface area contributed by atoms with Crippen LogP contribution in [0.1, 0.15) is 66.7 Å². The van der Waals surface area contributed by atoms with E-state index in [9.17, 15) is 0 Å². The van der Waals surface area contributed by atoms with Gasteiger partial charge >= 0.3 is 0 Å². The lowest BCUT2D eigenvalue weighted by Gasteiger charge is -2.44. The van der Waals surface area contributed by atoms with Crippen LogP contribution in [-0.2, 0) is 0 Å². The third-order valence-corrected chi connectivity index (χ3v) is 6.07. The molecular weight excluding hydrogens is 234 g/mol. The topological polar surface area (TPSA) is 32.3 Å². The van der Waals surface area contributed by atoms with Gasteiger partial charge in [-0.15, -0.1) is 0 Å². The average molecular weight is 267 g/mol. The first kappa shape index (κ1) is 15.3. The fourth-order valence-corrected chi connectivity index (χ4v) is 4.84. The Bertz CT molecular complexity index is 318. The molecule has 0 aliphatic heterocycles. The Labute approximate surface area is 119 Å². The fourth-order valence-electron chi connectivity index (χ4n) is 4.84. The van der Waals surface area contributed by atoms with E-state index in [4.69, 9.17) is 5.11 Å². The normalized spacial score (nSPS) is 36.9. The zero-order valence-corrected chi connectivity index (χ0v) is 13.6. The number of nitrogens with one attached hydrogen (secondary N) is 1. The SMILES string of the molecule is CC(C)(CCCO)CNC1C2(C)CCC(C2)C1(C)C. The quantitative estimate of drug-likeness (QED) is 0.771. The Balaban J connectivity index is 1.95. The molecule has 0 radical (unpaired) electrons. The maximum Gasteiger partial charge on any atom is 0.0431 e. The largest absolute Gasteiger partial charge is 0.396 e. The Morgan fingerprint density at radius 2 is 1.95 bits per heavy atom. The second-order valence-electron chi connectivity index (χ2n) is 8.72. The summed E-state index contributed by atoms with van der Waals surface area (Å²) in [6.45, 7) is 13.4. The van der Waals surface area contributed by atoms with Crippen LogP contribution in [0.15, 0.2) is 0 Å². The second-order valence-corrected chi connectivity index (χ2v) is 8.72. The molecule has 112 valence electrons. The predicted octanol–water partition coefficient (Wildman–Crippen LogP) is 3.59. The molecule has 2 fully saturated rings. The van der Waals surface area contributed by atoms with E-state index in [1.54, 1.807) is 0 Å². The van der Waals surface area contributed by atoms with E-state index in [2.05, 4.69) is 39.9 Å². The molecule has 2 heteroatoms. The van der Waals surface area contributed by atoms with Crippen LogP contribution in [-0.4, -0.2) is 24.3 Å². The molecular formula is C17H33NO. The lowest BCUT2D eigenvalue weighted by molar-refractivity contribution is 0.0962. The number of hydrogen-bond donors (Lipinski definition) is 2. The van der Waals surface area contributed by atoms with Crippen LogP contribution < -0.4 is 5.32 Å². The van der Waals surface area contributed by atoms with Crippen molar-refractivity contribution >= 4 is 0 Å². The van der Waals surface area contributed by atoms with Crippen molar-refractivity contribution in [1.29, 1.82) is 0 Å². The number of aliphatic hydroxyl groups excluding tert-OH is 1. The highest BCUT2D eigenvalue weighted by Crippen LogP contribution is 2.62. The van der Waals surface area contributed by atoms with E-state index in [-0.39, 0.29) is 5.41 Å². The Morgan fingerprint density at radius 1 is 1.26 bits per heavy atom. The van der Waals surface area contributed by atoms with E-state index in [0.29, 0.717) is 23.5 Å². The van der Waals surface area contributed by atoms with Gasteiger partial charge in [-0.05, 0) is 54.3 Å². The summed E-state index contributed by atoms with van der Waals surface area (Å²) in [4.78, 5) is 0. The van der Waals surface area contributed by atoms with E-state index in [1.807, 2.05) is 0 Å². The van der Waals surface area contributed by atoms with Gasteiger partial charge < -0.3 is 10.4 Å². The van der Waals surface area contributed by atoms with Crippen molar-refractivity contribution in [3.8, 4) is 0 Å². The molecule has 19 heavy (non-hydrogen) atoms. The second kappa shape index (κ2) is 5.04. The molecule has 0 aromatic heterocycles. The minimum Gasteiger partial charge on any atom is -0.396 e. The molecule has 2 aliphatic carbocycles. The molecule has 0 saturated heterocycles. The summed E-state index contributed by atoms with van der Waals surface area (Å²) in [7, 11) is 0. The molecule has 2 nitrogen and oxygen atoms in total. The highest BCUT2D eigenvalue weighted by Gasteiger charge is 2.59. The zero-order chi connectivity index (χ0) is 14.3. The van der Waals surface area contributed by atoms with Crippen LogP contribution in [0.3, 0.4) is 0 Å². The fraction of sp³-hybridized carbons (Fsp3) is 1.00. The van der Waals surface area contributed by atoms with Gasteiger partial charge in [0.05, 0.1) is 0 Å². The van der Waals surface area contributed by atoms with Crippen molar-refractivity contribution in [3.05, 3.63) is 0 Å². The molecule has 0 heterocycles. The van der Waals surface area contributed by atoms with Crippen molar-refractivity contribution in [2.24, 2.45) is 22.2 Å². The summed E-state index contributed by atoms with van der Waals surface area (Å²) < 4.78 is 0. The van der Waals surface area contributed by atoms with Crippen molar-refractivity contribution in [3.63, 3.8) is 0 Å². The van der Waals surface area contributed by atoms with Gasteiger partial charge in [-0.1, -0.05) is 34.6 Å². The third kappa shape index (κ3) is 2.85. The molecule has 0 aromatic rings. The molecule has 3 unspecified atom stereocenters. The minimum atomic E-state index is 0.289. The Kier molecular flexibility index (Phi) is 4.06. The molecule has 2 aliphatic rings. The van der Waals surface area contributed by atoms with Gasteiger partial charge in [-0.3, -0.25) is 0 Å². The molecule has 2 saturated carbocycles. The van der Waals surface area contributed by atoms with Gasteiger partial charge in [0.1, 0.15) is 0 Å². The average Bonchev–Trinajstić information content (AvgIpc) is 2.77. The maximum atomic E-state index is 9.00. The number of rotatable bonds is 6. The molecule has 2 N–H and O–H groups in total. The number of fused-ring (bicyclic) bond motifs is 2. The monoisotopic (exact) mass is 267 g/mol. The summed E-state index contributed by atoms with van der Waals surface area (Å²) in [6, 6.07) is 0.659. The van der Waals surface area contributed by atoms with Crippen LogP contribution in [0, 0.1) is 22.2 Å². The predicted molar refractivity (Wildman–Crippen MR) is 81.1 cm³/mol. The molecule has 2 bridgehead atoms. The van der Waals surface area contributed by atoms with Gasteiger partial charge in [-0.2, -0.15) is 0 Å². The van der Waals surface area contributed by atoms with Crippen LogP contribution in [0.4, 0.5) is 0 Å². The number of aliphatic hydroxyl groups is 1. The first-order chi connectivity index (χ1) is 8.71. The van der Waals surface area contributed by atoms with Gasteiger partial charge in [0.2, 0.25) is 0 Å². The van der Waals surface area contributed by atoms with Crippen LogP contribution in [0.5, 0.6) is 0 Å². The van der Waals surface area contributed by atoms with Crippen molar-refractivity contribution in [1.82, 2.24) is 5.32 Å². The van der Waals surface area contributed by atoms with Crippen molar-refractivity contribution in [2.75, 3.05) is 13.2 Å². The van der Waals surface area contributed by atoms with Gasteiger partial charge in [0.15, 0.2) is 0 Å². The summed E-state index contributed by atoms with van der Waals surface area (Å²) in [6.07, 6.45) is 6.26. The van der Waals surface area contributed by atoms with E-state index in [1.165, 1.54) is 19.3 Å². The van der Waals surface area contributed by atoms with Gasteiger partial charge in [-0.25, -0.2) is 0 Å². The first-order valence-electron chi connectivity index (χ1n) is 8.06. The van der Waals surface area contributed by atoms with Crippen LogP contribution in [0.2, 0.25) is 0 Å². The lowest BCUT2D eigenvalue weighted by Crippen LogP contribution is -2.52. The van der Waals surface area contributed by atoms with Gasteiger partial charge in [0.25, 0.3) is 0 Å². The van der Waals surface area contributed by atoms with Crippen molar-refractivity contribution < 1.29 is 5.11 Å². The molecule has 0 amide bonds. The molecule has 0 spiro atoms. The molecule has 2 rings (SSSR count). The van der Waals surface area contributed by atoms with Crippen LogP contribution >= 0.6 is 0 Å². The standard InChI is InChI=1S/C17H33NO/c1-15(2,8-6-10-19)12-18-14-16(3,4)13-7-9-17(14,5)11-13/h13-14,18-19H,6-12H2,1-5H3. The molecule has 3 atom stereocenters. The first-order valence-corrected chi connectivity index (χ1v) is 8.06. The highest BCUT2D eigenvalue weighted by molar-refractivity contribution is 5.12.